The molecule has 0 saturated heterocycles. The van der Waals surface area contributed by atoms with Gasteiger partial charge in [0.25, 0.3) is 0 Å². The summed E-state index contributed by atoms with van der Waals surface area (Å²) in [6, 6.07) is 14.0. The van der Waals surface area contributed by atoms with Gasteiger partial charge in [-0.25, -0.2) is 4.98 Å². The van der Waals surface area contributed by atoms with Crippen molar-refractivity contribution in [2.24, 2.45) is 0 Å². The summed E-state index contributed by atoms with van der Waals surface area (Å²) in [6.45, 7) is 1.97. The van der Waals surface area contributed by atoms with Crippen molar-refractivity contribution in [2.45, 2.75) is 6.92 Å². The minimum atomic E-state index is 0.501. The van der Waals surface area contributed by atoms with Crippen LogP contribution in [-0.4, -0.2) is 28.8 Å². The van der Waals surface area contributed by atoms with Crippen LogP contribution in [0.1, 0.15) is 5.56 Å². The van der Waals surface area contributed by atoms with E-state index in [-0.39, 0.29) is 0 Å². The average molecular weight is 439 g/mol. The van der Waals surface area contributed by atoms with E-state index in [1.807, 2.05) is 42.0 Å². The van der Waals surface area contributed by atoms with Crippen molar-refractivity contribution in [1.82, 2.24) is 14.5 Å². The van der Waals surface area contributed by atoms with Gasteiger partial charge in [0.15, 0.2) is 11.5 Å². The molecule has 2 heterocycles. The number of benzene rings is 2. The molecule has 142 valence electrons. The molecule has 0 aliphatic rings. The summed E-state index contributed by atoms with van der Waals surface area (Å²) in [6.07, 6.45) is 3.74. The fraction of sp³-hybridized carbons (Fsp3) is 0.143. The maximum Gasteiger partial charge on any atom is 0.229 e. The molecule has 0 atom stereocenters. The molecule has 4 aromatic rings. The number of hydrogen-bond acceptors (Lipinski definition) is 5. The number of aromatic nitrogens is 3. The van der Waals surface area contributed by atoms with E-state index in [1.54, 1.807) is 20.4 Å². The topological polar surface area (TPSA) is 61.2 Å². The molecule has 28 heavy (non-hydrogen) atoms. The largest absolute Gasteiger partial charge is 0.493 e. The smallest absolute Gasteiger partial charge is 0.229 e. The third kappa shape index (κ3) is 3.41. The number of fused-ring (bicyclic) bond motifs is 1. The predicted octanol–water partition coefficient (Wildman–Crippen LogP) is 5.25. The first-order valence-corrected chi connectivity index (χ1v) is 9.48. The van der Waals surface area contributed by atoms with Gasteiger partial charge in [0.2, 0.25) is 5.95 Å². The first kappa shape index (κ1) is 18.3. The van der Waals surface area contributed by atoms with Gasteiger partial charge in [0.05, 0.1) is 19.7 Å². The monoisotopic (exact) mass is 438 g/mol. The van der Waals surface area contributed by atoms with E-state index >= 15 is 0 Å². The third-order valence-electron chi connectivity index (χ3n) is 4.46. The van der Waals surface area contributed by atoms with E-state index in [0.29, 0.717) is 17.4 Å². The lowest BCUT2D eigenvalue weighted by atomic mass is 10.2. The van der Waals surface area contributed by atoms with Crippen molar-refractivity contribution in [1.29, 1.82) is 0 Å². The van der Waals surface area contributed by atoms with Crippen molar-refractivity contribution < 1.29 is 9.47 Å². The van der Waals surface area contributed by atoms with E-state index in [1.165, 1.54) is 0 Å². The number of hydrogen-bond donors (Lipinski definition) is 1. The predicted molar refractivity (Wildman–Crippen MR) is 114 cm³/mol. The van der Waals surface area contributed by atoms with Crippen LogP contribution in [0.4, 0.5) is 11.6 Å². The Bertz CT molecular complexity index is 1160. The second-order valence-electron chi connectivity index (χ2n) is 6.28. The van der Waals surface area contributed by atoms with Crippen molar-refractivity contribution in [2.75, 3.05) is 19.5 Å². The number of ether oxygens (including phenoxy) is 2. The Morgan fingerprint density at radius 3 is 2.68 bits per heavy atom. The van der Waals surface area contributed by atoms with Gasteiger partial charge in [-0.05, 0) is 42.8 Å². The van der Waals surface area contributed by atoms with Gasteiger partial charge in [-0.15, -0.1) is 0 Å². The van der Waals surface area contributed by atoms with Crippen LogP contribution in [0.5, 0.6) is 11.5 Å². The lowest BCUT2D eigenvalue weighted by molar-refractivity contribution is 0.353. The van der Waals surface area contributed by atoms with Crippen LogP contribution in [0.3, 0.4) is 0 Å². The molecule has 0 saturated carbocycles. The van der Waals surface area contributed by atoms with E-state index in [4.69, 9.17) is 9.47 Å². The normalized spacial score (nSPS) is 10.9. The first-order chi connectivity index (χ1) is 13.6. The van der Waals surface area contributed by atoms with Crippen LogP contribution >= 0.6 is 15.9 Å². The highest BCUT2D eigenvalue weighted by atomic mass is 79.9. The number of aryl methyl sites for hydroxylation is 1. The number of nitrogens with zero attached hydrogens (tertiary/aromatic N) is 3. The summed E-state index contributed by atoms with van der Waals surface area (Å²) in [5.41, 5.74) is 2.86. The minimum absolute atomic E-state index is 0.501. The van der Waals surface area contributed by atoms with Gasteiger partial charge in [0, 0.05) is 34.0 Å². The SMILES string of the molecule is COc1cc(Nc2nccc(-n3ccc4ccc(Br)cc43)n2)cc(C)c1OC. The van der Waals surface area contributed by atoms with E-state index in [9.17, 15) is 0 Å². The highest BCUT2D eigenvalue weighted by molar-refractivity contribution is 9.10. The molecule has 0 spiro atoms. The quantitative estimate of drug-likeness (QED) is 0.460. The van der Waals surface area contributed by atoms with E-state index in [2.05, 4.69) is 49.4 Å². The van der Waals surface area contributed by atoms with Crippen molar-refractivity contribution >= 4 is 38.5 Å². The highest BCUT2D eigenvalue weighted by Crippen LogP contribution is 2.34. The molecule has 1 N–H and O–H groups in total. The van der Waals surface area contributed by atoms with Crippen molar-refractivity contribution in [3.8, 4) is 17.3 Å². The Morgan fingerprint density at radius 2 is 1.89 bits per heavy atom. The lowest BCUT2D eigenvalue weighted by Crippen LogP contribution is -2.03. The average Bonchev–Trinajstić information content (AvgIpc) is 3.10. The van der Waals surface area contributed by atoms with Crippen LogP contribution in [0.2, 0.25) is 0 Å². The van der Waals surface area contributed by atoms with Crippen LogP contribution in [0.25, 0.3) is 16.7 Å². The summed E-state index contributed by atoms with van der Waals surface area (Å²) in [7, 11) is 3.25. The van der Waals surface area contributed by atoms with Crippen molar-refractivity contribution in [3.63, 3.8) is 0 Å². The minimum Gasteiger partial charge on any atom is -0.493 e. The van der Waals surface area contributed by atoms with E-state index < -0.39 is 0 Å². The van der Waals surface area contributed by atoms with E-state index in [0.717, 1.165) is 32.4 Å². The molecular formula is C21H19BrN4O2. The summed E-state index contributed by atoms with van der Waals surface area (Å²) < 4.78 is 13.9. The number of nitrogens with one attached hydrogen (secondary N) is 1. The number of methoxy groups -OCH3 is 2. The Labute approximate surface area is 171 Å². The number of halogens is 1. The maximum absolute atomic E-state index is 5.42. The molecule has 0 aliphatic heterocycles. The molecule has 0 aliphatic carbocycles. The maximum atomic E-state index is 5.42. The van der Waals surface area contributed by atoms with Crippen molar-refractivity contribution in [3.05, 3.63) is 64.9 Å². The van der Waals surface area contributed by atoms with Gasteiger partial charge in [-0.1, -0.05) is 22.0 Å². The van der Waals surface area contributed by atoms with Gasteiger partial charge in [-0.3, -0.25) is 0 Å². The molecule has 0 unspecified atom stereocenters. The number of rotatable bonds is 5. The fourth-order valence-corrected chi connectivity index (χ4v) is 3.55. The summed E-state index contributed by atoms with van der Waals surface area (Å²) in [5.74, 6) is 2.65. The standard InChI is InChI=1S/C21H19BrN4O2/c1-13-10-16(12-18(27-2)20(13)28-3)24-21-23-8-6-19(25-21)26-9-7-14-4-5-15(22)11-17(14)26/h4-12H,1-3H3,(H,23,24,25). The fourth-order valence-electron chi connectivity index (χ4n) is 3.20. The van der Waals surface area contributed by atoms with Crippen LogP contribution in [-0.2, 0) is 0 Å². The zero-order chi connectivity index (χ0) is 19.7. The molecular weight excluding hydrogens is 420 g/mol. The molecule has 0 radical (unpaired) electrons. The summed E-state index contributed by atoms with van der Waals surface area (Å²) in [4.78, 5) is 9.02. The zero-order valence-electron chi connectivity index (χ0n) is 15.7. The Hall–Kier alpha value is -3.06. The highest BCUT2D eigenvalue weighted by Gasteiger charge is 2.11. The Balaban J connectivity index is 1.70. The second-order valence-corrected chi connectivity index (χ2v) is 7.20. The molecule has 6 nitrogen and oxygen atoms in total. The summed E-state index contributed by atoms with van der Waals surface area (Å²) in [5, 5.41) is 4.40. The van der Waals surface area contributed by atoms with Crippen LogP contribution in [0.15, 0.2) is 59.3 Å². The first-order valence-electron chi connectivity index (χ1n) is 8.68. The molecule has 7 heteroatoms. The van der Waals surface area contributed by atoms with Gasteiger partial charge < -0.3 is 19.4 Å². The third-order valence-corrected chi connectivity index (χ3v) is 4.96. The molecule has 0 fully saturated rings. The summed E-state index contributed by atoms with van der Waals surface area (Å²) >= 11 is 3.53. The second kappa shape index (κ2) is 7.52. The van der Waals surface area contributed by atoms with Crippen LogP contribution in [0, 0.1) is 6.92 Å². The molecule has 2 aromatic carbocycles. The molecule has 0 bridgehead atoms. The number of anilines is 2. The van der Waals surface area contributed by atoms with Gasteiger partial charge in [0.1, 0.15) is 5.82 Å². The Kier molecular flexibility index (Phi) is 4.92. The lowest BCUT2D eigenvalue weighted by Gasteiger charge is -2.14. The van der Waals surface area contributed by atoms with Gasteiger partial charge >= 0.3 is 0 Å². The molecule has 2 aromatic heterocycles. The van der Waals surface area contributed by atoms with Crippen LogP contribution < -0.4 is 14.8 Å². The Morgan fingerprint density at radius 1 is 1.04 bits per heavy atom. The van der Waals surface area contributed by atoms with Gasteiger partial charge in [-0.2, -0.15) is 4.98 Å². The molecule has 0 amide bonds. The molecule has 4 rings (SSSR count). The zero-order valence-corrected chi connectivity index (χ0v) is 17.3.